The lowest BCUT2D eigenvalue weighted by atomic mass is 9.96. The Kier molecular flexibility index (Phi) is 4.56. The molecule has 1 atom stereocenters. The van der Waals surface area contributed by atoms with Gasteiger partial charge in [0, 0.05) is 8.95 Å². The summed E-state index contributed by atoms with van der Waals surface area (Å²) < 4.78 is 40.2. The number of halogens is 5. The van der Waals surface area contributed by atoms with Crippen molar-refractivity contribution in [1.29, 1.82) is 0 Å². The fraction of sp³-hybridized carbons (Fsp3) is 0.143. The molecule has 0 radical (unpaired) electrons. The first-order valence-electron chi connectivity index (χ1n) is 5.60. The molecule has 0 aromatic heterocycles. The predicted octanol–water partition coefficient (Wildman–Crippen LogP) is 5.31. The molecule has 0 bridgehead atoms. The van der Waals surface area contributed by atoms with Gasteiger partial charge >= 0.3 is 6.18 Å². The molecule has 0 fully saturated rings. The highest BCUT2D eigenvalue weighted by atomic mass is 79.9. The summed E-state index contributed by atoms with van der Waals surface area (Å²) in [5.74, 6) is 0. The first-order chi connectivity index (χ1) is 9.30. The third-order valence-corrected chi connectivity index (χ3v) is 4.00. The Morgan fingerprint density at radius 1 is 0.950 bits per heavy atom. The molecule has 6 heteroatoms. The molecule has 1 nitrogen and oxygen atoms in total. The molecular weight excluding hydrogens is 401 g/mol. The molecule has 0 saturated heterocycles. The minimum atomic E-state index is -4.50. The van der Waals surface area contributed by atoms with E-state index in [1.165, 1.54) is 18.2 Å². The second-order valence-electron chi connectivity index (χ2n) is 4.15. The molecule has 0 heterocycles. The van der Waals surface area contributed by atoms with Crippen LogP contribution in [0, 0.1) is 0 Å². The second kappa shape index (κ2) is 5.87. The van der Waals surface area contributed by atoms with Gasteiger partial charge < -0.3 is 5.11 Å². The molecular formula is C14H9Br2F3O. The van der Waals surface area contributed by atoms with Crippen LogP contribution in [0.25, 0.3) is 0 Å². The third kappa shape index (κ3) is 3.24. The standard InChI is InChI=1S/C14H9Br2F3O/c15-8-5-6-10(12(16)7-8)13(20)9-3-1-2-4-11(9)14(17,18)19/h1-7,13,20H. The highest BCUT2D eigenvalue weighted by molar-refractivity contribution is 9.11. The summed E-state index contributed by atoms with van der Waals surface area (Å²) in [6.45, 7) is 0. The van der Waals surface area contributed by atoms with Gasteiger partial charge in [-0.05, 0) is 29.3 Å². The summed E-state index contributed by atoms with van der Waals surface area (Å²) in [6.07, 6.45) is -5.85. The van der Waals surface area contributed by atoms with Gasteiger partial charge in [-0.2, -0.15) is 13.2 Å². The Morgan fingerprint density at radius 3 is 2.20 bits per heavy atom. The molecule has 0 spiro atoms. The third-order valence-electron chi connectivity index (χ3n) is 2.82. The van der Waals surface area contributed by atoms with E-state index in [9.17, 15) is 18.3 Å². The van der Waals surface area contributed by atoms with Crippen molar-refractivity contribution in [3.8, 4) is 0 Å². The molecule has 106 valence electrons. The largest absolute Gasteiger partial charge is 0.416 e. The van der Waals surface area contributed by atoms with Gasteiger partial charge in [0.1, 0.15) is 6.10 Å². The van der Waals surface area contributed by atoms with E-state index < -0.39 is 17.8 Å². The lowest BCUT2D eigenvalue weighted by Crippen LogP contribution is -2.12. The number of hydrogen-bond donors (Lipinski definition) is 1. The van der Waals surface area contributed by atoms with Crippen molar-refractivity contribution in [1.82, 2.24) is 0 Å². The average molecular weight is 410 g/mol. The van der Waals surface area contributed by atoms with Crippen molar-refractivity contribution in [2.24, 2.45) is 0 Å². The summed E-state index contributed by atoms with van der Waals surface area (Å²) >= 11 is 6.51. The van der Waals surface area contributed by atoms with E-state index >= 15 is 0 Å². The van der Waals surface area contributed by atoms with Crippen molar-refractivity contribution < 1.29 is 18.3 Å². The summed E-state index contributed by atoms with van der Waals surface area (Å²) in [6, 6.07) is 9.93. The minimum absolute atomic E-state index is 0.164. The molecule has 1 N–H and O–H groups in total. The maximum atomic E-state index is 13.0. The Morgan fingerprint density at radius 2 is 1.60 bits per heavy atom. The Labute approximate surface area is 130 Å². The fourth-order valence-electron chi connectivity index (χ4n) is 1.88. The zero-order chi connectivity index (χ0) is 14.9. The van der Waals surface area contributed by atoms with Crippen molar-refractivity contribution >= 4 is 31.9 Å². The van der Waals surface area contributed by atoms with Gasteiger partial charge in [-0.25, -0.2) is 0 Å². The highest BCUT2D eigenvalue weighted by Gasteiger charge is 2.35. The van der Waals surface area contributed by atoms with Crippen LogP contribution in [0.3, 0.4) is 0 Å². The van der Waals surface area contributed by atoms with Crippen molar-refractivity contribution in [2.75, 3.05) is 0 Å². The van der Waals surface area contributed by atoms with E-state index in [4.69, 9.17) is 0 Å². The van der Waals surface area contributed by atoms with Gasteiger partial charge in [0.2, 0.25) is 0 Å². The lowest BCUT2D eigenvalue weighted by Gasteiger charge is -2.18. The molecule has 0 amide bonds. The highest BCUT2D eigenvalue weighted by Crippen LogP contribution is 2.38. The molecule has 2 aromatic rings. The van der Waals surface area contributed by atoms with E-state index in [-0.39, 0.29) is 5.56 Å². The quantitative estimate of drug-likeness (QED) is 0.712. The number of rotatable bonds is 2. The Balaban J connectivity index is 2.51. The maximum Gasteiger partial charge on any atom is 0.416 e. The summed E-state index contributed by atoms with van der Waals surface area (Å²) in [5.41, 5.74) is -0.616. The van der Waals surface area contributed by atoms with Crippen LogP contribution >= 0.6 is 31.9 Å². The van der Waals surface area contributed by atoms with Crippen LogP contribution in [0.1, 0.15) is 22.8 Å². The fourth-order valence-corrected chi connectivity index (χ4v) is 3.15. The predicted molar refractivity (Wildman–Crippen MR) is 77.3 cm³/mol. The summed E-state index contributed by atoms with van der Waals surface area (Å²) in [5, 5.41) is 10.3. The van der Waals surface area contributed by atoms with E-state index in [1.807, 2.05) is 0 Å². The molecule has 2 aromatic carbocycles. The molecule has 0 aliphatic heterocycles. The monoisotopic (exact) mass is 408 g/mol. The Bertz CT molecular complexity index is 626. The SMILES string of the molecule is OC(c1ccc(Br)cc1Br)c1ccccc1C(F)(F)F. The number of aliphatic hydroxyl groups is 1. The first-order valence-corrected chi connectivity index (χ1v) is 7.18. The Hall–Kier alpha value is -0.850. The first kappa shape index (κ1) is 15.5. The summed E-state index contributed by atoms with van der Waals surface area (Å²) in [4.78, 5) is 0. The van der Waals surface area contributed by atoms with Crippen molar-refractivity contribution in [3.05, 3.63) is 68.1 Å². The topological polar surface area (TPSA) is 20.2 Å². The van der Waals surface area contributed by atoms with Gasteiger partial charge in [-0.3, -0.25) is 0 Å². The molecule has 0 aliphatic rings. The van der Waals surface area contributed by atoms with Crippen LogP contribution in [0.2, 0.25) is 0 Å². The minimum Gasteiger partial charge on any atom is -0.384 e. The van der Waals surface area contributed by atoms with Gasteiger partial charge in [-0.1, -0.05) is 56.1 Å². The zero-order valence-corrected chi connectivity index (χ0v) is 13.1. The van der Waals surface area contributed by atoms with E-state index in [1.54, 1.807) is 18.2 Å². The van der Waals surface area contributed by atoms with Gasteiger partial charge in [0.05, 0.1) is 5.56 Å². The number of aliphatic hydroxyl groups excluding tert-OH is 1. The van der Waals surface area contributed by atoms with Gasteiger partial charge in [0.25, 0.3) is 0 Å². The summed E-state index contributed by atoms with van der Waals surface area (Å²) in [7, 11) is 0. The van der Waals surface area contributed by atoms with Crippen LogP contribution < -0.4 is 0 Å². The number of benzene rings is 2. The van der Waals surface area contributed by atoms with Crippen LogP contribution in [0.5, 0.6) is 0 Å². The van der Waals surface area contributed by atoms with E-state index in [0.29, 0.717) is 10.0 Å². The van der Waals surface area contributed by atoms with Crippen LogP contribution in [0.4, 0.5) is 13.2 Å². The molecule has 20 heavy (non-hydrogen) atoms. The molecule has 0 aliphatic carbocycles. The zero-order valence-electron chi connectivity index (χ0n) is 9.96. The number of alkyl halides is 3. The molecule has 1 unspecified atom stereocenters. The van der Waals surface area contributed by atoms with Crippen LogP contribution in [-0.2, 0) is 6.18 Å². The van der Waals surface area contributed by atoms with Crippen molar-refractivity contribution in [2.45, 2.75) is 12.3 Å². The van der Waals surface area contributed by atoms with E-state index in [2.05, 4.69) is 31.9 Å². The van der Waals surface area contributed by atoms with Gasteiger partial charge in [-0.15, -0.1) is 0 Å². The van der Waals surface area contributed by atoms with E-state index in [0.717, 1.165) is 10.5 Å². The average Bonchev–Trinajstić information content (AvgIpc) is 2.37. The smallest absolute Gasteiger partial charge is 0.384 e. The van der Waals surface area contributed by atoms with Crippen molar-refractivity contribution in [3.63, 3.8) is 0 Å². The normalized spacial score (nSPS) is 13.3. The maximum absolute atomic E-state index is 13.0. The second-order valence-corrected chi connectivity index (χ2v) is 5.92. The van der Waals surface area contributed by atoms with Gasteiger partial charge in [0.15, 0.2) is 0 Å². The molecule has 2 rings (SSSR count). The lowest BCUT2D eigenvalue weighted by molar-refractivity contribution is -0.139. The molecule has 0 saturated carbocycles. The number of hydrogen-bond acceptors (Lipinski definition) is 1. The van der Waals surface area contributed by atoms with Crippen LogP contribution in [-0.4, -0.2) is 5.11 Å². The van der Waals surface area contributed by atoms with Crippen LogP contribution in [0.15, 0.2) is 51.4 Å².